The van der Waals surface area contributed by atoms with Crippen molar-refractivity contribution < 1.29 is 9.53 Å². The molecular weight excluding hydrogens is 226 g/mol. The first kappa shape index (κ1) is 12.7. The van der Waals surface area contributed by atoms with Crippen LogP contribution >= 0.6 is 0 Å². The van der Waals surface area contributed by atoms with Crippen molar-refractivity contribution in [2.24, 2.45) is 0 Å². The molecule has 1 fully saturated rings. The van der Waals surface area contributed by atoms with E-state index in [-0.39, 0.29) is 5.97 Å². The molecule has 0 atom stereocenters. The van der Waals surface area contributed by atoms with Gasteiger partial charge in [0.25, 0.3) is 0 Å². The number of allylic oxidation sites excluding steroid dienone is 1. The molecule has 0 amide bonds. The lowest BCUT2D eigenvalue weighted by Gasteiger charge is -2.15. The quantitative estimate of drug-likeness (QED) is 0.504. The molecule has 0 unspecified atom stereocenters. The fourth-order valence-corrected chi connectivity index (χ4v) is 2.31. The monoisotopic (exact) mass is 245 g/mol. The van der Waals surface area contributed by atoms with Gasteiger partial charge in [0.2, 0.25) is 0 Å². The second-order valence-corrected chi connectivity index (χ2v) is 5.12. The lowest BCUT2D eigenvalue weighted by molar-refractivity contribution is -0.143. The first-order valence-electron chi connectivity index (χ1n) is 6.11. The SMILES string of the molecule is C=C(C)Cc1cc(C2(C(=O)OC)CC2)ccc1N. The molecule has 1 saturated carbocycles. The minimum Gasteiger partial charge on any atom is -0.468 e. The number of hydrogen-bond acceptors (Lipinski definition) is 3. The highest BCUT2D eigenvalue weighted by molar-refractivity contribution is 5.86. The maximum Gasteiger partial charge on any atom is 0.316 e. The molecule has 2 rings (SSSR count). The first-order valence-corrected chi connectivity index (χ1v) is 6.11. The van der Waals surface area contributed by atoms with Gasteiger partial charge in [-0.05, 0) is 43.4 Å². The van der Waals surface area contributed by atoms with Crippen LogP contribution in [-0.2, 0) is 21.4 Å². The van der Waals surface area contributed by atoms with Crippen LogP contribution in [0, 0.1) is 0 Å². The van der Waals surface area contributed by atoms with E-state index in [1.807, 2.05) is 25.1 Å². The number of carbonyl (C=O) groups excluding carboxylic acids is 1. The van der Waals surface area contributed by atoms with Crippen LogP contribution in [0.3, 0.4) is 0 Å². The van der Waals surface area contributed by atoms with Gasteiger partial charge in [-0.25, -0.2) is 0 Å². The van der Waals surface area contributed by atoms with E-state index in [2.05, 4.69) is 6.58 Å². The van der Waals surface area contributed by atoms with Gasteiger partial charge in [0, 0.05) is 5.69 Å². The van der Waals surface area contributed by atoms with Gasteiger partial charge in [-0.1, -0.05) is 24.3 Å². The Morgan fingerprint density at radius 1 is 1.50 bits per heavy atom. The lowest BCUT2D eigenvalue weighted by atomic mass is 9.92. The molecular formula is C15H19NO2. The summed E-state index contributed by atoms with van der Waals surface area (Å²) < 4.78 is 4.90. The van der Waals surface area contributed by atoms with Crippen molar-refractivity contribution in [3.8, 4) is 0 Å². The van der Waals surface area contributed by atoms with Crippen molar-refractivity contribution in [3.63, 3.8) is 0 Å². The Hall–Kier alpha value is -1.77. The van der Waals surface area contributed by atoms with E-state index in [0.29, 0.717) is 0 Å². The molecule has 18 heavy (non-hydrogen) atoms. The van der Waals surface area contributed by atoms with Crippen molar-refractivity contribution in [1.82, 2.24) is 0 Å². The number of nitrogens with two attached hydrogens (primary N) is 1. The molecule has 1 aromatic carbocycles. The average molecular weight is 245 g/mol. The van der Waals surface area contributed by atoms with E-state index in [9.17, 15) is 4.79 Å². The number of hydrogen-bond donors (Lipinski definition) is 1. The van der Waals surface area contributed by atoms with Crippen LogP contribution in [0.15, 0.2) is 30.4 Å². The Bertz CT molecular complexity index is 501. The Morgan fingerprint density at radius 2 is 2.17 bits per heavy atom. The summed E-state index contributed by atoms with van der Waals surface area (Å²) in [4.78, 5) is 11.8. The topological polar surface area (TPSA) is 52.3 Å². The van der Waals surface area contributed by atoms with Crippen molar-refractivity contribution >= 4 is 11.7 Å². The summed E-state index contributed by atoms with van der Waals surface area (Å²) in [7, 11) is 1.44. The molecule has 0 aliphatic heterocycles. The third-order valence-electron chi connectivity index (χ3n) is 3.51. The number of carbonyl (C=O) groups is 1. The zero-order valence-corrected chi connectivity index (χ0v) is 11.0. The van der Waals surface area contributed by atoms with Crippen LogP contribution in [0.25, 0.3) is 0 Å². The summed E-state index contributed by atoms with van der Waals surface area (Å²) in [6, 6.07) is 5.83. The third kappa shape index (κ3) is 2.13. The minimum absolute atomic E-state index is 0.145. The van der Waals surface area contributed by atoms with Gasteiger partial charge >= 0.3 is 5.97 Å². The second kappa shape index (κ2) is 4.48. The second-order valence-electron chi connectivity index (χ2n) is 5.12. The Morgan fingerprint density at radius 3 is 2.67 bits per heavy atom. The molecule has 0 radical (unpaired) electrons. The molecule has 0 spiro atoms. The van der Waals surface area contributed by atoms with Crippen LogP contribution in [0.1, 0.15) is 30.9 Å². The zero-order valence-electron chi connectivity index (χ0n) is 11.0. The number of rotatable bonds is 4. The van der Waals surface area contributed by atoms with E-state index in [1.165, 1.54) is 7.11 Å². The van der Waals surface area contributed by atoms with Crippen LogP contribution < -0.4 is 5.73 Å². The summed E-state index contributed by atoms with van der Waals surface area (Å²) in [6.45, 7) is 5.87. The highest BCUT2D eigenvalue weighted by Gasteiger charge is 2.52. The largest absolute Gasteiger partial charge is 0.468 e. The number of anilines is 1. The number of esters is 1. The van der Waals surface area contributed by atoms with Gasteiger partial charge in [-0.3, -0.25) is 4.79 Å². The van der Waals surface area contributed by atoms with Gasteiger partial charge < -0.3 is 10.5 Å². The Kier molecular flexibility index (Phi) is 3.16. The fraction of sp³-hybridized carbons (Fsp3) is 0.400. The Labute approximate surface area is 108 Å². The average Bonchev–Trinajstić information content (AvgIpc) is 3.12. The summed E-state index contributed by atoms with van der Waals surface area (Å²) in [5.74, 6) is -0.145. The number of nitrogen functional groups attached to an aromatic ring is 1. The molecule has 0 saturated heterocycles. The summed E-state index contributed by atoms with van der Waals surface area (Å²) in [5.41, 5.74) is 9.39. The molecule has 2 N–H and O–H groups in total. The number of methoxy groups -OCH3 is 1. The van der Waals surface area contributed by atoms with Gasteiger partial charge in [-0.2, -0.15) is 0 Å². The molecule has 0 bridgehead atoms. The molecule has 3 heteroatoms. The summed E-state index contributed by atoms with van der Waals surface area (Å²) >= 11 is 0. The van der Waals surface area contributed by atoms with E-state index in [0.717, 1.165) is 41.6 Å². The minimum atomic E-state index is -0.424. The predicted molar refractivity (Wildman–Crippen MR) is 72.3 cm³/mol. The first-order chi connectivity index (χ1) is 8.49. The third-order valence-corrected chi connectivity index (χ3v) is 3.51. The van der Waals surface area contributed by atoms with Crippen LogP contribution in [0.4, 0.5) is 5.69 Å². The molecule has 3 nitrogen and oxygen atoms in total. The Balaban J connectivity index is 2.35. The number of ether oxygens (including phenoxy) is 1. The van der Waals surface area contributed by atoms with E-state index in [1.54, 1.807) is 0 Å². The van der Waals surface area contributed by atoms with E-state index < -0.39 is 5.41 Å². The zero-order chi connectivity index (χ0) is 13.3. The van der Waals surface area contributed by atoms with Crippen molar-refractivity contribution in [2.45, 2.75) is 31.6 Å². The molecule has 1 aliphatic carbocycles. The van der Waals surface area contributed by atoms with Gasteiger partial charge in [0.05, 0.1) is 12.5 Å². The van der Waals surface area contributed by atoms with Gasteiger partial charge in [0.1, 0.15) is 0 Å². The van der Waals surface area contributed by atoms with Crippen LogP contribution in [0.2, 0.25) is 0 Å². The van der Waals surface area contributed by atoms with Crippen molar-refractivity contribution in [2.75, 3.05) is 12.8 Å². The molecule has 1 aliphatic rings. The summed E-state index contributed by atoms with van der Waals surface area (Å²) in [5, 5.41) is 0. The van der Waals surface area contributed by atoms with Gasteiger partial charge in [0.15, 0.2) is 0 Å². The number of benzene rings is 1. The fourth-order valence-electron chi connectivity index (χ4n) is 2.31. The normalized spacial score (nSPS) is 16.1. The van der Waals surface area contributed by atoms with E-state index >= 15 is 0 Å². The molecule has 96 valence electrons. The van der Waals surface area contributed by atoms with Crippen LogP contribution in [-0.4, -0.2) is 13.1 Å². The standard InChI is InChI=1S/C15H19NO2/c1-10(2)8-11-9-12(4-5-13(11)16)15(6-7-15)14(17)18-3/h4-5,9H,1,6-8,16H2,2-3H3. The molecule has 0 heterocycles. The highest BCUT2D eigenvalue weighted by Crippen LogP contribution is 2.49. The predicted octanol–water partition coefficient (Wildman–Crippen LogP) is 2.59. The summed E-state index contributed by atoms with van der Waals surface area (Å²) in [6.07, 6.45) is 2.46. The maximum atomic E-state index is 11.8. The lowest BCUT2D eigenvalue weighted by Crippen LogP contribution is -2.22. The highest BCUT2D eigenvalue weighted by atomic mass is 16.5. The van der Waals surface area contributed by atoms with Crippen molar-refractivity contribution in [1.29, 1.82) is 0 Å². The van der Waals surface area contributed by atoms with Gasteiger partial charge in [-0.15, -0.1) is 0 Å². The van der Waals surface area contributed by atoms with Crippen LogP contribution in [0.5, 0.6) is 0 Å². The smallest absolute Gasteiger partial charge is 0.316 e. The van der Waals surface area contributed by atoms with E-state index in [4.69, 9.17) is 10.5 Å². The maximum absolute atomic E-state index is 11.8. The molecule has 1 aromatic rings. The molecule has 0 aromatic heterocycles. The van der Waals surface area contributed by atoms with Crippen molar-refractivity contribution in [3.05, 3.63) is 41.5 Å².